The number of hydrogen-bond acceptors (Lipinski definition) is 4. The molecule has 0 spiro atoms. The van der Waals surface area contributed by atoms with Crippen LogP contribution in [0.3, 0.4) is 0 Å². The van der Waals surface area contributed by atoms with Gasteiger partial charge in [-0.05, 0) is 46.5 Å². The Kier molecular flexibility index (Phi) is 2.64. The molecule has 1 aliphatic heterocycles. The number of hydrogen-bond donors (Lipinski definition) is 1. The number of carbonyl (C=O) groups is 1. The number of aliphatic imine (C=N–C) groups is 1. The lowest BCUT2D eigenvalue weighted by Gasteiger charge is -1.89. The molecule has 0 fully saturated rings. The van der Waals surface area contributed by atoms with E-state index in [1.165, 1.54) is 0 Å². The van der Waals surface area contributed by atoms with E-state index in [1.54, 1.807) is 12.1 Å². The summed E-state index contributed by atoms with van der Waals surface area (Å²) in [7, 11) is 0. The minimum absolute atomic E-state index is 0.280. The first-order valence-electron chi connectivity index (χ1n) is 3.68. The van der Waals surface area contributed by atoms with E-state index in [0.29, 0.717) is 10.7 Å². The molecule has 0 radical (unpaired) electrons. The Morgan fingerprint density at radius 3 is 2.86 bits per heavy atom. The first-order chi connectivity index (χ1) is 6.65. The number of amidine groups is 1. The largest absolute Gasteiger partial charge is 0.451 e. The van der Waals surface area contributed by atoms with Crippen LogP contribution in [0.1, 0.15) is 5.76 Å². The minimum Gasteiger partial charge on any atom is -0.451 e. The van der Waals surface area contributed by atoms with Gasteiger partial charge in [-0.2, -0.15) is 4.99 Å². The third kappa shape index (κ3) is 2.01. The second-order valence-corrected chi connectivity index (χ2v) is 4.63. The predicted molar refractivity (Wildman–Crippen MR) is 63.6 cm³/mol. The van der Waals surface area contributed by atoms with Gasteiger partial charge in [-0.15, -0.1) is 0 Å². The molecular weight excluding hydrogens is 315 g/mol. The highest BCUT2D eigenvalue weighted by Gasteiger charge is 2.19. The second kappa shape index (κ2) is 3.77. The average molecular weight is 320 g/mol. The molecule has 14 heavy (non-hydrogen) atoms. The van der Waals surface area contributed by atoms with Crippen LogP contribution in [-0.4, -0.2) is 11.1 Å². The van der Waals surface area contributed by atoms with Crippen LogP contribution in [0.4, 0.5) is 0 Å². The predicted octanol–water partition coefficient (Wildman–Crippen LogP) is 1.81. The monoisotopic (exact) mass is 320 g/mol. The zero-order valence-electron chi connectivity index (χ0n) is 6.86. The molecular formula is C8H5IN2O2S. The molecule has 6 heteroatoms. The number of amides is 1. The molecule has 0 saturated carbocycles. The summed E-state index contributed by atoms with van der Waals surface area (Å²) in [4.78, 5) is 15.3. The van der Waals surface area contributed by atoms with Crippen molar-refractivity contribution in [2.75, 3.05) is 0 Å². The van der Waals surface area contributed by atoms with Crippen LogP contribution in [0, 0.1) is 3.77 Å². The van der Waals surface area contributed by atoms with Crippen molar-refractivity contribution in [3.63, 3.8) is 0 Å². The number of nitrogens with zero attached hydrogens (tertiary/aromatic N) is 1. The molecule has 0 atom stereocenters. The number of furan rings is 1. The van der Waals surface area contributed by atoms with Gasteiger partial charge in [0.1, 0.15) is 5.76 Å². The highest BCUT2D eigenvalue weighted by molar-refractivity contribution is 14.1. The summed E-state index contributed by atoms with van der Waals surface area (Å²) >= 11 is 3.21. The first kappa shape index (κ1) is 9.78. The molecule has 1 aromatic rings. The van der Waals surface area contributed by atoms with Crippen molar-refractivity contribution >= 4 is 51.5 Å². The standard InChI is InChI=1S/C8H5IN2O2S/c9-6-2-1-4(13-6)3-5-7(12)11-8(10)14-5/h1-3H,(H2,10,11,12)/b5-3-. The van der Waals surface area contributed by atoms with Crippen molar-refractivity contribution in [3.8, 4) is 0 Å². The lowest BCUT2D eigenvalue weighted by atomic mass is 10.4. The van der Waals surface area contributed by atoms with Crippen LogP contribution < -0.4 is 5.73 Å². The number of thioether (sulfide) groups is 1. The normalized spacial score (nSPS) is 19.1. The lowest BCUT2D eigenvalue weighted by Crippen LogP contribution is -2.01. The fourth-order valence-corrected chi connectivity index (χ4v) is 2.06. The van der Waals surface area contributed by atoms with Gasteiger partial charge in [0.05, 0.1) is 4.91 Å². The van der Waals surface area contributed by atoms with Crippen LogP contribution in [0.5, 0.6) is 0 Å². The van der Waals surface area contributed by atoms with Crippen molar-refractivity contribution < 1.29 is 9.21 Å². The highest BCUT2D eigenvalue weighted by Crippen LogP contribution is 2.26. The molecule has 1 aromatic heterocycles. The van der Waals surface area contributed by atoms with Gasteiger partial charge in [-0.3, -0.25) is 4.79 Å². The van der Waals surface area contributed by atoms with Gasteiger partial charge in [-0.25, -0.2) is 0 Å². The summed E-state index contributed by atoms with van der Waals surface area (Å²) in [5, 5.41) is 0.280. The maximum atomic E-state index is 11.2. The maximum absolute atomic E-state index is 11.2. The van der Waals surface area contributed by atoms with Crippen molar-refractivity contribution in [2.45, 2.75) is 0 Å². The Morgan fingerprint density at radius 2 is 2.36 bits per heavy atom. The minimum atomic E-state index is -0.307. The summed E-state index contributed by atoms with van der Waals surface area (Å²) in [6, 6.07) is 3.61. The number of halogens is 1. The van der Waals surface area contributed by atoms with E-state index in [-0.39, 0.29) is 11.1 Å². The summed E-state index contributed by atoms with van der Waals surface area (Å²) in [6.07, 6.45) is 1.64. The van der Waals surface area contributed by atoms with Gasteiger partial charge in [-0.1, -0.05) is 0 Å². The van der Waals surface area contributed by atoms with Gasteiger partial charge < -0.3 is 10.2 Å². The third-order valence-electron chi connectivity index (χ3n) is 1.50. The summed E-state index contributed by atoms with van der Waals surface area (Å²) < 4.78 is 6.06. The molecule has 0 aromatic carbocycles. The Labute approximate surface area is 97.8 Å². The third-order valence-corrected chi connectivity index (χ3v) is 2.90. The van der Waals surface area contributed by atoms with Crippen LogP contribution in [0.2, 0.25) is 0 Å². The van der Waals surface area contributed by atoms with E-state index in [1.807, 2.05) is 6.07 Å². The molecule has 0 aliphatic carbocycles. The van der Waals surface area contributed by atoms with Crippen molar-refractivity contribution in [2.24, 2.45) is 10.7 Å². The van der Waals surface area contributed by atoms with Crippen molar-refractivity contribution in [3.05, 3.63) is 26.6 Å². The van der Waals surface area contributed by atoms with E-state index in [9.17, 15) is 4.79 Å². The fourth-order valence-electron chi connectivity index (χ4n) is 0.961. The summed E-state index contributed by atoms with van der Waals surface area (Å²) in [6.45, 7) is 0. The Bertz CT molecular complexity index is 450. The molecule has 72 valence electrons. The van der Waals surface area contributed by atoms with E-state index in [0.717, 1.165) is 15.5 Å². The quantitative estimate of drug-likeness (QED) is 0.633. The number of rotatable bonds is 1. The molecule has 4 nitrogen and oxygen atoms in total. The van der Waals surface area contributed by atoms with E-state index < -0.39 is 0 Å². The van der Waals surface area contributed by atoms with E-state index >= 15 is 0 Å². The fraction of sp³-hybridized carbons (Fsp3) is 0. The highest BCUT2D eigenvalue weighted by atomic mass is 127. The first-order valence-corrected chi connectivity index (χ1v) is 5.58. The molecule has 1 aliphatic rings. The summed E-state index contributed by atoms with van der Waals surface area (Å²) in [5.41, 5.74) is 5.39. The zero-order valence-corrected chi connectivity index (χ0v) is 9.83. The van der Waals surface area contributed by atoms with Crippen LogP contribution in [0.25, 0.3) is 6.08 Å². The smallest absolute Gasteiger partial charge is 0.286 e. The molecule has 1 amide bonds. The van der Waals surface area contributed by atoms with Gasteiger partial charge >= 0.3 is 0 Å². The van der Waals surface area contributed by atoms with Crippen molar-refractivity contribution in [1.82, 2.24) is 0 Å². The van der Waals surface area contributed by atoms with Crippen LogP contribution >= 0.6 is 34.4 Å². The molecule has 0 unspecified atom stereocenters. The van der Waals surface area contributed by atoms with Crippen LogP contribution in [-0.2, 0) is 4.79 Å². The van der Waals surface area contributed by atoms with Gasteiger partial charge in [0.2, 0.25) is 0 Å². The average Bonchev–Trinajstić information content (AvgIpc) is 2.61. The summed E-state index contributed by atoms with van der Waals surface area (Å²) in [5.74, 6) is 0.328. The van der Waals surface area contributed by atoms with E-state index in [2.05, 4.69) is 27.6 Å². The van der Waals surface area contributed by atoms with Gasteiger partial charge in [0.15, 0.2) is 8.93 Å². The SMILES string of the molecule is NC1=NC(=O)/C(=C/c2ccc(I)o2)S1. The molecule has 2 rings (SSSR count). The van der Waals surface area contributed by atoms with Gasteiger partial charge in [0.25, 0.3) is 5.91 Å². The van der Waals surface area contributed by atoms with Gasteiger partial charge in [0, 0.05) is 6.08 Å². The maximum Gasteiger partial charge on any atom is 0.286 e. The topological polar surface area (TPSA) is 68.6 Å². The zero-order chi connectivity index (χ0) is 10.1. The van der Waals surface area contributed by atoms with E-state index in [4.69, 9.17) is 10.2 Å². The number of carbonyl (C=O) groups excluding carboxylic acids is 1. The molecule has 0 saturated heterocycles. The molecule has 0 bridgehead atoms. The lowest BCUT2D eigenvalue weighted by molar-refractivity contribution is -0.113. The Morgan fingerprint density at radius 1 is 1.57 bits per heavy atom. The Hall–Kier alpha value is -0.760. The van der Waals surface area contributed by atoms with Crippen molar-refractivity contribution in [1.29, 1.82) is 0 Å². The van der Waals surface area contributed by atoms with Crippen LogP contribution in [0.15, 0.2) is 26.4 Å². The Balaban J connectivity index is 2.25. The molecule has 2 N–H and O–H groups in total. The number of nitrogens with two attached hydrogens (primary N) is 1. The second-order valence-electron chi connectivity index (χ2n) is 2.51. The molecule has 2 heterocycles.